The maximum atomic E-state index is 13.0. The van der Waals surface area contributed by atoms with Crippen LogP contribution in [-0.2, 0) is 6.42 Å². The molecule has 1 aromatic carbocycles. The summed E-state index contributed by atoms with van der Waals surface area (Å²) in [6.45, 7) is 8.23. The van der Waals surface area contributed by atoms with E-state index in [9.17, 15) is 4.79 Å². The number of hydrogen-bond donors (Lipinski definition) is 0. The average Bonchev–Trinajstić information content (AvgIpc) is 2.97. The number of hydrogen-bond acceptors (Lipinski definition) is 4. The smallest absolute Gasteiger partial charge is 0.261 e. The van der Waals surface area contributed by atoms with Crippen molar-refractivity contribution < 1.29 is 4.79 Å². The number of fused-ring (bicyclic) bond motifs is 1. The van der Waals surface area contributed by atoms with Crippen molar-refractivity contribution in [2.24, 2.45) is 0 Å². The summed E-state index contributed by atoms with van der Waals surface area (Å²) in [6.07, 6.45) is 6.31. The number of anilines is 2. The van der Waals surface area contributed by atoms with Crippen LogP contribution in [0.4, 0.5) is 11.6 Å². The van der Waals surface area contributed by atoms with Crippen molar-refractivity contribution in [3.05, 3.63) is 47.8 Å². The third kappa shape index (κ3) is 3.50. The highest BCUT2D eigenvalue weighted by Crippen LogP contribution is 2.32. The molecule has 0 radical (unpaired) electrons. The Hall–Kier alpha value is -2.43. The minimum Gasteiger partial charge on any atom is -0.341 e. The number of amides is 1. The highest BCUT2D eigenvalue weighted by atomic mass is 16.2. The molecule has 1 atom stereocenters. The molecule has 3 rings (SSSR count). The summed E-state index contributed by atoms with van der Waals surface area (Å²) in [5.74, 6) is 0.677. The summed E-state index contributed by atoms with van der Waals surface area (Å²) in [5, 5.41) is 0. The molecule has 5 nitrogen and oxygen atoms in total. The lowest BCUT2D eigenvalue weighted by Crippen LogP contribution is -2.36. The number of para-hydroxylation sites is 1. The average molecular weight is 338 g/mol. The van der Waals surface area contributed by atoms with E-state index in [4.69, 9.17) is 0 Å². The summed E-state index contributed by atoms with van der Waals surface area (Å²) < 4.78 is 0. The first-order valence-corrected chi connectivity index (χ1v) is 9.14. The first-order chi connectivity index (χ1) is 12.2. The van der Waals surface area contributed by atoms with Crippen molar-refractivity contribution >= 4 is 17.5 Å². The molecule has 25 heavy (non-hydrogen) atoms. The standard InChI is InChI=1S/C20H26N4O/c1-4-10-23(11-5-2)20-21-13-17(14-22-20)19(25)24-15(3)12-16-8-6-7-9-18(16)24/h6-9,13-15H,4-5,10-12H2,1-3H3. The van der Waals surface area contributed by atoms with Gasteiger partial charge in [-0.2, -0.15) is 0 Å². The molecule has 0 spiro atoms. The lowest BCUT2D eigenvalue weighted by molar-refractivity contribution is 0.0981. The topological polar surface area (TPSA) is 49.3 Å². The molecule has 1 aliphatic rings. The van der Waals surface area contributed by atoms with E-state index < -0.39 is 0 Å². The Morgan fingerprint density at radius 1 is 1.16 bits per heavy atom. The Balaban J connectivity index is 1.81. The Morgan fingerprint density at radius 2 is 1.80 bits per heavy atom. The van der Waals surface area contributed by atoms with E-state index in [1.54, 1.807) is 12.4 Å². The van der Waals surface area contributed by atoms with Gasteiger partial charge < -0.3 is 9.80 Å². The first kappa shape index (κ1) is 17.4. The van der Waals surface area contributed by atoms with Gasteiger partial charge in [0.15, 0.2) is 0 Å². The number of nitrogens with zero attached hydrogens (tertiary/aromatic N) is 4. The maximum absolute atomic E-state index is 13.0. The van der Waals surface area contributed by atoms with E-state index >= 15 is 0 Å². The highest BCUT2D eigenvalue weighted by molar-refractivity contribution is 6.07. The molecule has 2 aromatic rings. The van der Waals surface area contributed by atoms with Crippen molar-refractivity contribution in [3.8, 4) is 0 Å². The van der Waals surface area contributed by atoms with Crippen LogP contribution >= 0.6 is 0 Å². The number of benzene rings is 1. The van der Waals surface area contributed by atoms with Gasteiger partial charge in [0.25, 0.3) is 5.91 Å². The Morgan fingerprint density at radius 3 is 2.44 bits per heavy atom. The van der Waals surface area contributed by atoms with Crippen LogP contribution in [0.25, 0.3) is 0 Å². The van der Waals surface area contributed by atoms with Gasteiger partial charge in [0.1, 0.15) is 0 Å². The zero-order valence-corrected chi connectivity index (χ0v) is 15.3. The van der Waals surface area contributed by atoms with Gasteiger partial charge in [-0.05, 0) is 37.8 Å². The van der Waals surface area contributed by atoms with Gasteiger partial charge in [0.05, 0.1) is 5.56 Å². The van der Waals surface area contributed by atoms with Crippen molar-refractivity contribution in [2.75, 3.05) is 22.9 Å². The van der Waals surface area contributed by atoms with Crippen molar-refractivity contribution in [2.45, 2.75) is 46.1 Å². The number of carbonyl (C=O) groups is 1. The van der Waals surface area contributed by atoms with Gasteiger partial charge in [0, 0.05) is 37.2 Å². The molecule has 0 saturated heterocycles. The van der Waals surface area contributed by atoms with Crippen LogP contribution < -0.4 is 9.80 Å². The van der Waals surface area contributed by atoms with Gasteiger partial charge in [-0.1, -0.05) is 32.0 Å². The van der Waals surface area contributed by atoms with Gasteiger partial charge in [-0.3, -0.25) is 4.79 Å². The SMILES string of the molecule is CCCN(CCC)c1ncc(C(=O)N2c3ccccc3CC2C)cn1. The van der Waals surface area contributed by atoms with Gasteiger partial charge in [-0.25, -0.2) is 9.97 Å². The Kier molecular flexibility index (Phi) is 5.31. The number of rotatable bonds is 6. The molecule has 1 unspecified atom stereocenters. The summed E-state index contributed by atoms with van der Waals surface area (Å²) >= 11 is 0. The molecular weight excluding hydrogens is 312 g/mol. The van der Waals surface area contributed by atoms with E-state index in [1.807, 2.05) is 23.1 Å². The molecule has 0 N–H and O–H groups in total. The molecule has 1 aliphatic heterocycles. The zero-order valence-electron chi connectivity index (χ0n) is 15.3. The van der Waals surface area contributed by atoms with Crippen molar-refractivity contribution in [3.63, 3.8) is 0 Å². The van der Waals surface area contributed by atoms with Crippen LogP contribution in [0.15, 0.2) is 36.7 Å². The van der Waals surface area contributed by atoms with Crippen LogP contribution in [0, 0.1) is 0 Å². The lowest BCUT2D eigenvalue weighted by Gasteiger charge is -2.23. The van der Waals surface area contributed by atoms with E-state index in [0.29, 0.717) is 11.5 Å². The second-order valence-electron chi connectivity index (χ2n) is 6.62. The summed E-state index contributed by atoms with van der Waals surface area (Å²) in [6, 6.07) is 8.25. The lowest BCUT2D eigenvalue weighted by atomic mass is 10.1. The third-order valence-corrected chi connectivity index (χ3v) is 4.58. The molecule has 0 bridgehead atoms. The molecule has 1 aromatic heterocycles. The van der Waals surface area contributed by atoms with Crippen LogP contribution in [-0.4, -0.2) is 35.0 Å². The molecule has 0 fully saturated rings. The molecule has 1 amide bonds. The largest absolute Gasteiger partial charge is 0.341 e. The zero-order chi connectivity index (χ0) is 17.8. The summed E-state index contributed by atoms with van der Waals surface area (Å²) in [7, 11) is 0. The van der Waals surface area contributed by atoms with Gasteiger partial charge in [0.2, 0.25) is 5.95 Å². The fourth-order valence-corrected chi connectivity index (χ4v) is 3.46. The van der Waals surface area contributed by atoms with Crippen LogP contribution in [0.2, 0.25) is 0 Å². The van der Waals surface area contributed by atoms with E-state index in [1.165, 1.54) is 5.56 Å². The van der Waals surface area contributed by atoms with E-state index in [-0.39, 0.29) is 11.9 Å². The molecule has 132 valence electrons. The van der Waals surface area contributed by atoms with Crippen LogP contribution in [0.1, 0.15) is 49.5 Å². The predicted octanol–water partition coefficient (Wildman–Crippen LogP) is 3.69. The quantitative estimate of drug-likeness (QED) is 0.806. The molecule has 5 heteroatoms. The highest BCUT2D eigenvalue weighted by Gasteiger charge is 2.31. The monoisotopic (exact) mass is 338 g/mol. The van der Waals surface area contributed by atoms with E-state index in [0.717, 1.165) is 38.0 Å². The van der Waals surface area contributed by atoms with Gasteiger partial charge >= 0.3 is 0 Å². The molecule has 0 aliphatic carbocycles. The van der Waals surface area contributed by atoms with Crippen LogP contribution in [0.3, 0.4) is 0 Å². The fourth-order valence-electron chi connectivity index (χ4n) is 3.46. The molecular formula is C20H26N4O. The summed E-state index contributed by atoms with van der Waals surface area (Å²) in [5.41, 5.74) is 2.76. The third-order valence-electron chi connectivity index (χ3n) is 4.58. The predicted molar refractivity (Wildman–Crippen MR) is 101 cm³/mol. The van der Waals surface area contributed by atoms with Crippen LogP contribution in [0.5, 0.6) is 0 Å². The second-order valence-corrected chi connectivity index (χ2v) is 6.62. The Bertz CT molecular complexity index is 723. The Labute approximate surface area is 149 Å². The molecule has 2 heterocycles. The number of aromatic nitrogens is 2. The van der Waals surface area contributed by atoms with Gasteiger partial charge in [-0.15, -0.1) is 0 Å². The second kappa shape index (κ2) is 7.64. The maximum Gasteiger partial charge on any atom is 0.261 e. The minimum atomic E-state index is -0.0264. The first-order valence-electron chi connectivity index (χ1n) is 9.14. The summed E-state index contributed by atoms with van der Waals surface area (Å²) in [4.78, 5) is 25.9. The fraction of sp³-hybridized carbons (Fsp3) is 0.450. The molecule has 0 saturated carbocycles. The normalized spacial score (nSPS) is 16.0. The number of carbonyl (C=O) groups excluding carboxylic acids is 1. The van der Waals surface area contributed by atoms with Crippen molar-refractivity contribution in [1.82, 2.24) is 9.97 Å². The van der Waals surface area contributed by atoms with E-state index in [2.05, 4.69) is 41.7 Å². The minimum absolute atomic E-state index is 0.0264. The van der Waals surface area contributed by atoms with Crippen molar-refractivity contribution in [1.29, 1.82) is 0 Å².